The van der Waals surface area contributed by atoms with Crippen LogP contribution < -0.4 is 4.90 Å². The summed E-state index contributed by atoms with van der Waals surface area (Å²) in [6, 6.07) is 7.21. The van der Waals surface area contributed by atoms with E-state index in [1.54, 1.807) is 12.1 Å². The summed E-state index contributed by atoms with van der Waals surface area (Å²) in [6.07, 6.45) is 0.740. The van der Waals surface area contributed by atoms with E-state index in [9.17, 15) is 9.59 Å². The van der Waals surface area contributed by atoms with Gasteiger partial charge in [-0.25, -0.2) is 4.79 Å². The Labute approximate surface area is 112 Å². The Kier molecular flexibility index (Phi) is 5.60. The molecule has 0 aliphatic heterocycles. The zero-order valence-corrected chi connectivity index (χ0v) is 10.8. The fourth-order valence-electron chi connectivity index (χ4n) is 1.47. The highest BCUT2D eigenvalue weighted by Crippen LogP contribution is 2.16. The first kappa shape index (κ1) is 14.8. The molecule has 102 valence electrons. The SMILES string of the molecule is C=CCOC(=O)N(CCC(=O)O)c1ccc(C)cc1. The Morgan fingerprint density at radius 1 is 1.37 bits per heavy atom. The van der Waals surface area contributed by atoms with Crippen LogP contribution >= 0.6 is 0 Å². The van der Waals surface area contributed by atoms with Gasteiger partial charge in [0.05, 0.1) is 6.42 Å². The Morgan fingerprint density at radius 3 is 2.53 bits per heavy atom. The molecule has 5 heteroatoms. The molecule has 0 aliphatic carbocycles. The van der Waals surface area contributed by atoms with E-state index in [1.165, 1.54) is 11.0 Å². The van der Waals surface area contributed by atoms with Crippen molar-refractivity contribution in [2.75, 3.05) is 18.1 Å². The second-order valence-electron chi connectivity index (χ2n) is 4.00. The predicted molar refractivity (Wildman–Crippen MR) is 72.3 cm³/mol. The van der Waals surface area contributed by atoms with Crippen molar-refractivity contribution < 1.29 is 19.4 Å². The summed E-state index contributed by atoms with van der Waals surface area (Å²) in [4.78, 5) is 23.8. The van der Waals surface area contributed by atoms with E-state index < -0.39 is 12.1 Å². The fourth-order valence-corrected chi connectivity index (χ4v) is 1.47. The van der Waals surface area contributed by atoms with Crippen molar-refractivity contribution in [3.05, 3.63) is 42.5 Å². The maximum absolute atomic E-state index is 11.9. The number of amides is 1. The van der Waals surface area contributed by atoms with Gasteiger partial charge in [-0.05, 0) is 19.1 Å². The Bertz CT molecular complexity index is 453. The molecule has 0 saturated carbocycles. The number of benzene rings is 1. The molecule has 0 spiro atoms. The number of carbonyl (C=O) groups is 2. The molecule has 1 aromatic rings. The van der Waals surface area contributed by atoms with Crippen molar-refractivity contribution in [3.63, 3.8) is 0 Å². The minimum atomic E-state index is -0.964. The normalized spacial score (nSPS) is 9.74. The summed E-state index contributed by atoms with van der Waals surface area (Å²) >= 11 is 0. The first-order valence-electron chi connectivity index (χ1n) is 5.88. The van der Waals surface area contributed by atoms with Crippen LogP contribution in [-0.2, 0) is 9.53 Å². The summed E-state index contributed by atoms with van der Waals surface area (Å²) in [7, 11) is 0. The first-order valence-corrected chi connectivity index (χ1v) is 5.88. The smallest absolute Gasteiger partial charge is 0.414 e. The van der Waals surface area contributed by atoms with Gasteiger partial charge in [-0.15, -0.1) is 0 Å². The number of rotatable bonds is 6. The van der Waals surface area contributed by atoms with Gasteiger partial charge in [0.1, 0.15) is 6.61 Å². The third kappa shape index (κ3) is 4.83. The van der Waals surface area contributed by atoms with Crippen LogP contribution in [0.3, 0.4) is 0 Å². The molecule has 19 heavy (non-hydrogen) atoms. The van der Waals surface area contributed by atoms with Gasteiger partial charge >= 0.3 is 12.1 Å². The van der Waals surface area contributed by atoms with Gasteiger partial charge in [0.15, 0.2) is 0 Å². The van der Waals surface area contributed by atoms with Crippen molar-refractivity contribution in [2.24, 2.45) is 0 Å². The zero-order valence-electron chi connectivity index (χ0n) is 10.8. The van der Waals surface area contributed by atoms with Crippen molar-refractivity contribution in [1.29, 1.82) is 0 Å². The highest BCUT2D eigenvalue weighted by atomic mass is 16.6. The highest BCUT2D eigenvalue weighted by molar-refractivity contribution is 5.88. The number of carboxylic acids is 1. The number of carboxylic acid groups (broad SMARTS) is 1. The van der Waals surface area contributed by atoms with E-state index >= 15 is 0 Å². The molecule has 0 bridgehead atoms. The lowest BCUT2D eigenvalue weighted by Gasteiger charge is -2.21. The molecule has 1 N–H and O–H groups in total. The fraction of sp³-hybridized carbons (Fsp3) is 0.286. The summed E-state index contributed by atoms with van der Waals surface area (Å²) in [5, 5.41) is 8.72. The Balaban J connectivity index is 2.84. The number of ether oxygens (including phenoxy) is 1. The zero-order chi connectivity index (χ0) is 14.3. The summed E-state index contributed by atoms with van der Waals surface area (Å²) < 4.78 is 4.95. The standard InChI is InChI=1S/C14H17NO4/c1-3-10-19-14(18)15(9-8-13(16)17)12-6-4-11(2)5-7-12/h3-7H,1,8-10H2,2H3,(H,16,17). The van der Waals surface area contributed by atoms with E-state index in [0.29, 0.717) is 5.69 Å². The van der Waals surface area contributed by atoms with Crippen LogP contribution in [0.15, 0.2) is 36.9 Å². The summed E-state index contributed by atoms with van der Waals surface area (Å²) in [5.41, 5.74) is 1.67. The van der Waals surface area contributed by atoms with Crippen molar-refractivity contribution >= 4 is 17.7 Å². The molecule has 0 atom stereocenters. The number of anilines is 1. The lowest BCUT2D eigenvalue weighted by Crippen LogP contribution is -2.33. The summed E-state index contributed by atoms with van der Waals surface area (Å²) in [6.45, 7) is 5.55. The van der Waals surface area contributed by atoms with Crippen LogP contribution in [0.4, 0.5) is 10.5 Å². The number of nitrogens with zero attached hydrogens (tertiary/aromatic N) is 1. The number of aryl methyl sites for hydroxylation is 1. The van der Waals surface area contributed by atoms with Crippen LogP contribution in [0.25, 0.3) is 0 Å². The van der Waals surface area contributed by atoms with Crippen molar-refractivity contribution in [2.45, 2.75) is 13.3 Å². The maximum Gasteiger partial charge on any atom is 0.414 e. The molecular weight excluding hydrogens is 246 g/mol. The maximum atomic E-state index is 11.9. The van der Waals surface area contributed by atoms with E-state index in [4.69, 9.17) is 9.84 Å². The van der Waals surface area contributed by atoms with E-state index in [0.717, 1.165) is 5.56 Å². The Morgan fingerprint density at radius 2 is 2.00 bits per heavy atom. The largest absolute Gasteiger partial charge is 0.481 e. The quantitative estimate of drug-likeness (QED) is 0.801. The number of aliphatic carboxylic acids is 1. The first-order chi connectivity index (χ1) is 9.04. The molecule has 0 saturated heterocycles. The van der Waals surface area contributed by atoms with Gasteiger partial charge in [0, 0.05) is 12.2 Å². The monoisotopic (exact) mass is 263 g/mol. The second-order valence-corrected chi connectivity index (χ2v) is 4.00. The molecule has 0 unspecified atom stereocenters. The van der Waals surface area contributed by atoms with Gasteiger partial charge in [-0.1, -0.05) is 30.4 Å². The molecule has 0 heterocycles. The van der Waals surface area contributed by atoms with Crippen LogP contribution in [-0.4, -0.2) is 30.3 Å². The van der Waals surface area contributed by atoms with Gasteiger partial charge < -0.3 is 9.84 Å². The highest BCUT2D eigenvalue weighted by Gasteiger charge is 2.17. The molecule has 0 fully saturated rings. The molecular formula is C14H17NO4. The molecule has 0 aliphatic rings. The van der Waals surface area contributed by atoms with Crippen LogP contribution in [0.5, 0.6) is 0 Å². The van der Waals surface area contributed by atoms with E-state index in [2.05, 4.69) is 6.58 Å². The third-order valence-electron chi connectivity index (χ3n) is 2.44. The number of carbonyl (C=O) groups excluding carboxylic acids is 1. The van der Waals surface area contributed by atoms with Crippen molar-refractivity contribution in [3.8, 4) is 0 Å². The minimum Gasteiger partial charge on any atom is -0.481 e. The molecule has 0 aromatic heterocycles. The second kappa shape index (κ2) is 7.20. The number of hydrogen-bond donors (Lipinski definition) is 1. The lowest BCUT2D eigenvalue weighted by atomic mass is 10.2. The van der Waals surface area contributed by atoms with Gasteiger partial charge in [-0.2, -0.15) is 0 Å². The topological polar surface area (TPSA) is 66.8 Å². The average Bonchev–Trinajstić information content (AvgIpc) is 2.38. The van der Waals surface area contributed by atoms with Crippen LogP contribution in [0.2, 0.25) is 0 Å². The molecule has 5 nitrogen and oxygen atoms in total. The molecule has 1 amide bonds. The van der Waals surface area contributed by atoms with Gasteiger partial charge in [-0.3, -0.25) is 9.69 Å². The van der Waals surface area contributed by atoms with E-state index in [-0.39, 0.29) is 19.6 Å². The third-order valence-corrected chi connectivity index (χ3v) is 2.44. The van der Waals surface area contributed by atoms with Crippen LogP contribution in [0, 0.1) is 6.92 Å². The molecule has 0 radical (unpaired) electrons. The number of hydrogen-bond acceptors (Lipinski definition) is 3. The average molecular weight is 263 g/mol. The lowest BCUT2D eigenvalue weighted by molar-refractivity contribution is -0.136. The van der Waals surface area contributed by atoms with Crippen molar-refractivity contribution in [1.82, 2.24) is 0 Å². The molecule has 1 rings (SSSR count). The van der Waals surface area contributed by atoms with Crippen LogP contribution in [0.1, 0.15) is 12.0 Å². The van der Waals surface area contributed by atoms with Gasteiger partial charge in [0.2, 0.25) is 0 Å². The minimum absolute atomic E-state index is 0.0639. The van der Waals surface area contributed by atoms with Gasteiger partial charge in [0.25, 0.3) is 0 Å². The molecule has 1 aromatic carbocycles. The predicted octanol–water partition coefficient (Wildman–Crippen LogP) is 2.60. The summed E-state index contributed by atoms with van der Waals surface area (Å²) in [5.74, 6) is -0.964. The van der Waals surface area contributed by atoms with E-state index in [1.807, 2.05) is 19.1 Å². The Hall–Kier alpha value is -2.30.